The van der Waals surface area contributed by atoms with Crippen LogP contribution < -0.4 is 4.90 Å². The Morgan fingerprint density at radius 2 is 0.912 bits per heavy atom. The average molecular weight is 728 g/mol. The van der Waals surface area contributed by atoms with Crippen LogP contribution in [-0.2, 0) is 0 Å². The summed E-state index contributed by atoms with van der Waals surface area (Å²) in [6, 6.07) is 69.3. The summed E-state index contributed by atoms with van der Waals surface area (Å²) in [5.41, 5.74) is 15.8. The largest absolute Gasteiger partial charge is 0.333 e. The van der Waals surface area contributed by atoms with E-state index in [1.54, 1.807) is 0 Å². The summed E-state index contributed by atoms with van der Waals surface area (Å²) in [5.74, 6) is 0.349. The molecule has 1 aliphatic carbocycles. The lowest BCUT2D eigenvalue weighted by Crippen LogP contribution is -2.28. The second kappa shape index (κ2) is 12.6. The fourth-order valence-corrected chi connectivity index (χ4v) is 9.69. The van der Waals surface area contributed by atoms with Gasteiger partial charge in [-0.1, -0.05) is 146 Å². The van der Waals surface area contributed by atoms with Crippen molar-refractivity contribution in [3.63, 3.8) is 0 Å². The molecule has 8 aromatic carbocycles. The number of nitrogens with zero attached hydrogens (tertiary/aromatic N) is 3. The van der Waals surface area contributed by atoms with Crippen molar-refractivity contribution in [3.05, 3.63) is 218 Å². The monoisotopic (exact) mass is 727 g/mol. The number of anilines is 2. The lowest BCUT2D eigenvalue weighted by Gasteiger charge is -2.28. The van der Waals surface area contributed by atoms with Crippen molar-refractivity contribution >= 4 is 55.0 Å². The zero-order valence-corrected chi connectivity index (χ0v) is 31.2. The van der Waals surface area contributed by atoms with E-state index in [1.807, 2.05) is 0 Å². The molecule has 2 atom stereocenters. The Morgan fingerprint density at radius 1 is 0.333 bits per heavy atom. The van der Waals surface area contributed by atoms with E-state index in [1.165, 1.54) is 82.8 Å². The molecule has 2 aliphatic rings. The first-order valence-electron chi connectivity index (χ1n) is 19.8. The molecule has 0 bridgehead atoms. The number of allylic oxidation sites excluding steroid dienone is 2. The quantitative estimate of drug-likeness (QED) is 0.172. The minimum atomic E-state index is 0.258. The van der Waals surface area contributed by atoms with Gasteiger partial charge in [0, 0.05) is 50.2 Å². The Balaban J connectivity index is 1.02. The van der Waals surface area contributed by atoms with E-state index >= 15 is 0 Å². The molecule has 3 heterocycles. The SMILES string of the molecule is C1=CC2c3ccccc3N(c3ccc4c(c3)c3ccccc3n4-c3ccc4c5ccccc5n(-c5cccc(-c6cccc(-c7ccccc7)c6)c5)c4c3)C2C=C1. The van der Waals surface area contributed by atoms with Crippen LogP contribution in [-0.4, -0.2) is 15.2 Å². The van der Waals surface area contributed by atoms with Gasteiger partial charge in [-0.05, 0) is 94.5 Å². The smallest absolute Gasteiger partial charge is 0.0629 e. The first-order valence-corrected chi connectivity index (χ1v) is 19.8. The molecule has 0 spiro atoms. The Hall–Kier alpha value is -7.36. The lowest BCUT2D eigenvalue weighted by molar-refractivity contribution is 0.745. The highest BCUT2D eigenvalue weighted by molar-refractivity contribution is 6.12. The number of hydrogen-bond acceptors (Lipinski definition) is 1. The molecule has 0 amide bonds. The normalized spacial score (nSPS) is 15.9. The molecule has 57 heavy (non-hydrogen) atoms. The molecule has 0 fully saturated rings. The van der Waals surface area contributed by atoms with Crippen LogP contribution in [0.25, 0.3) is 77.2 Å². The molecule has 268 valence electrons. The summed E-state index contributed by atoms with van der Waals surface area (Å²) in [6.45, 7) is 0. The summed E-state index contributed by atoms with van der Waals surface area (Å²) >= 11 is 0. The average Bonchev–Trinajstić information content (AvgIpc) is 3.92. The van der Waals surface area contributed by atoms with Crippen molar-refractivity contribution in [3.8, 4) is 33.6 Å². The second-order valence-electron chi connectivity index (χ2n) is 15.3. The van der Waals surface area contributed by atoms with Crippen LogP contribution in [0, 0.1) is 0 Å². The Kier molecular flexibility index (Phi) is 7.05. The Morgan fingerprint density at radius 3 is 1.75 bits per heavy atom. The van der Waals surface area contributed by atoms with E-state index in [9.17, 15) is 0 Å². The maximum atomic E-state index is 2.53. The van der Waals surface area contributed by atoms with Crippen LogP contribution >= 0.6 is 0 Å². The van der Waals surface area contributed by atoms with Crippen molar-refractivity contribution in [2.24, 2.45) is 0 Å². The van der Waals surface area contributed by atoms with Crippen LogP contribution in [0.3, 0.4) is 0 Å². The van der Waals surface area contributed by atoms with Gasteiger partial charge >= 0.3 is 0 Å². The Bertz CT molecular complexity index is 3270. The number of fused-ring (bicyclic) bond motifs is 9. The van der Waals surface area contributed by atoms with Crippen LogP contribution in [0.15, 0.2) is 212 Å². The van der Waals surface area contributed by atoms with Gasteiger partial charge in [-0.2, -0.15) is 0 Å². The lowest BCUT2D eigenvalue weighted by atomic mass is 9.91. The molecule has 2 unspecified atom stereocenters. The van der Waals surface area contributed by atoms with E-state index in [0.29, 0.717) is 5.92 Å². The molecular weight excluding hydrogens is 691 g/mol. The highest BCUT2D eigenvalue weighted by atomic mass is 15.2. The van der Waals surface area contributed by atoms with Gasteiger partial charge in [0.25, 0.3) is 0 Å². The van der Waals surface area contributed by atoms with Crippen molar-refractivity contribution in [1.29, 1.82) is 0 Å². The highest BCUT2D eigenvalue weighted by Crippen LogP contribution is 2.48. The van der Waals surface area contributed by atoms with Crippen molar-refractivity contribution in [2.75, 3.05) is 4.90 Å². The number of hydrogen-bond donors (Lipinski definition) is 0. The molecule has 1 aliphatic heterocycles. The first kappa shape index (κ1) is 31.9. The number of rotatable bonds is 5. The van der Waals surface area contributed by atoms with Crippen LogP contribution in [0.2, 0.25) is 0 Å². The van der Waals surface area contributed by atoms with Gasteiger partial charge in [0.1, 0.15) is 0 Å². The summed E-state index contributed by atoms with van der Waals surface area (Å²) in [7, 11) is 0. The van der Waals surface area contributed by atoms with E-state index in [4.69, 9.17) is 0 Å². The van der Waals surface area contributed by atoms with Gasteiger partial charge in [0.2, 0.25) is 0 Å². The number of benzene rings is 8. The first-order chi connectivity index (χ1) is 28.3. The third kappa shape index (κ3) is 4.92. The maximum absolute atomic E-state index is 2.53. The van der Waals surface area contributed by atoms with E-state index in [2.05, 4.69) is 226 Å². The van der Waals surface area contributed by atoms with Gasteiger partial charge in [-0.15, -0.1) is 0 Å². The zero-order valence-electron chi connectivity index (χ0n) is 31.2. The molecule has 0 N–H and O–H groups in total. The van der Waals surface area contributed by atoms with Gasteiger partial charge in [0.15, 0.2) is 0 Å². The molecule has 2 aromatic heterocycles. The Labute approximate surface area is 331 Å². The molecule has 10 aromatic rings. The standard InChI is InChI=1S/C54H37N3/c1-2-14-36(15-3-1)37-16-12-17-38(32-37)39-18-13-19-40(33-39)57-51-26-10-6-22-45(51)47-30-28-42(35-54(47)57)56-52-27-11-7-23-46(52)48-34-41(29-31-53(48)56)55-49-24-8-4-20-43(49)44-21-5-9-25-50(44)55/h1-35,43,49H. The number of para-hydroxylation sites is 3. The van der Waals surface area contributed by atoms with E-state index in [-0.39, 0.29) is 6.04 Å². The molecule has 0 radical (unpaired) electrons. The van der Waals surface area contributed by atoms with E-state index in [0.717, 1.165) is 11.4 Å². The highest BCUT2D eigenvalue weighted by Gasteiger charge is 2.37. The fourth-order valence-electron chi connectivity index (χ4n) is 9.69. The third-order valence-corrected chi connectivity index (χ3v) is 12.2. The number of aromatic nitrogens is 2. The minimum absolute atomic E-state index is 0.258. The summed E-state index contributed by atoms with van der Waals surface area (Å²) in [4.78, 5) is 2.53. The molecule has 3 nitrogen and oxygen atoms in total. The van der Waals surface area contributed by atoms with E-state index < -0.39 is 0 Å². The predicted molar refractivity (Wildman–Crippen MR) is 239 cm³/mol. The van der Waals surface area contributed by atoms with Crippen LogP contribution in [0.5, 0.6) is 0 Å². The molecule has 0 saturated heterocycles. The van der Waals surface area contributed by atoms with Gasteiger partial charge in [-0.3, -0.25) is 0 Å². The van der Waals surface area contributed by atoms with Gasteiger partial charge < -0.3 is 14.0 Å². The van der Waals surface area contributed by atoms with Crippen molar-refractivity contribution in [1.82, 2.24) is 9.13 Å². The fraction of sp³-hybridized carbons (Fsp3) is 0.0370. The van der Waals surface area contributed by atoms with Gasteiger partial charge in [0.05, 0.1) is 28.1 Å². The van der Waals surface area contributed by atoms with Crippen LogP contribution in [0.4, 0.5) is 11.4 Å². The minimum Gasteiger partial charge on any atom is -0.333 e. The second-order valence-corrected chi connectivity index (χ2v) is 15.3. The zero-order chi connectivity index (χ0) is 37.5. The summed E-state index contributed by atoms with van der Waals surface area (Å²) < 4.78 is 4.89. The van der Waals surface area contributed by atoms with Crippen molar-refractivity contribution < 1.29 is 0 Å². The molecular formula is C54H37N3. The summed E-state index contributed by atoms with van der Waals surface area (Å²) in [5, 5.41) is 5.00. The third-order valence-electron chi connectivity index (χ3n) is 12.2. The maximum Gasteiger partial charge on any atom is 0.0629 e. The summed E-state index contributed by atoms with van der Waals surface area (Å²) in [6.07, 6.45) is 9.09. The predicted octanol–water partition coefficient (Wildman–Crippen LogP) is 13.9. The van der Waals surface area contributed by atoms with Gasteiger partial charge in [-0.25, -0.2) is 0 Å². The molecule has 3 heteroatoms. The van der Waals surface area contributed by atoms with Crippen LogP contribution in [0.1, 0.15) is 11.5 Å². The topological polar surface area (TPSA) is 13.1 Å². The molecule has 12 rings (SSSR count). The molecule has 0 saturated carbocycles. The van der Waals surface area contributed by atoms with Crippen molar-refractivity contribution in [2.45, 2.75) is 12.0 Å².